The number of carbonyl (C=O) groups excluding carboxylic acids is 2. The largest absolute Gasteiger partial charge is 0.514 e. The maximum atomic E-state index is 12.9. The first-order valence-corrected chi connectivity index (χ1v) is 13.1. The van der Waals surface area contributed by atoms with Crippen LogP contribution in [0, 0.1) is 0 Å². The van der Waals surface area contributed by atoms with Crippen molar-refractivity contribution < 1.29 is 19.1 Å². The average Bonchev–Trinajstić information content (AvgIpc) is 3.18. The fraction of sp³-hybridized carbons (Fsp3) is 0.231. The van der Waals surface area contributed by atoms with Crippen LogP contribution in [0.25, 0.3) is 21.5 Å². The minimum Gasteiger partial charge on any atom is -0.429 e. The van der Waals surface area contributed by atoms with E-state index in [9.17, 15) is 9.59 Å². The molecule has 0 fully saturated rings. The number of benzene rings is 2. The van der Waals surface area contributed by atoms with Crippen molar-refractivity contribution in [3.8, 4) is 17.0 Å². The monoisotopic (exact) mass is 522 g/mol. The molecule has 0 saturated carbocycles. The molecule has 4 aromatic rings. The molecule has 2 aromatic carbocycles. The standard InChI is InChI=1S/C26H26N4O4S2/c1-26(2,3)30-22(31)21-19(27)18-20(28-24(35-4)29-23(18)36-21)16-11-8-12-17(13-16)34-25(32)33-14-15-9-6-5-7-10-15/h5-13H,14,27H2,1-4H3,(H,30,31). The number of nitrogens with one attached hydrogen (secondary N) is 1. The fourth-order valence-corrected chi connectivity index (χ4v) is 4.83. The van der Waals surface area contributed by atoms with Gasteiger partial charge in [0.25, 0.3) is 5.91 Å². The highest BCUT2D eigenvalue weighted by Gasteiger charge is 2.25. The number of nitrogen functional groups attached to an aromatic ring is 1. The molecule has 10 heteroatoms. The molecule has 186 valence electrons. The Hall–Kier alpha value is -3.63. The number of anilines is 1. The normalized spacial score (nSPS) is 11.3. The third-order valence-corrected chi connectivity index (χ3v) is 6.60. The third-order valence-electron chi connectivity index (χ3n) is 4.95. The summed E-state index contributed by atoms with van der Waals surface area (Å²) in [6.45, 7) is 5.82. The molecule has 0 aliphatic heterocycles. The Morgan fingerprint density at radius 2 is 1.83 bits per heavy atom. The quantitative estimate of drug-likeness (QED) is 0.139. The van der Waals surface area contributed by atoms with Crippen LogP contribution in [0.1, 0.15) is 36.0 Å². The number of nitrogens with zero attached hydrogens (tertiary/aromatic N) is 2. The molecule has 36 heavy (non-hydrogen) atoms. The van der Waals surface area contributed by atoms with Crippen LogP contribution >= 0.6 is 23.1 Å². The van der Waals surface area contributed by atoms with E-state index in [0.717, 1.165) is 5.56 Å². The van der Waals surface area contributed by atoms with Crippen LogP contribution in [0.5, 0.6) is 5.75 Å². The number of nitrogens with two attached hydrogens (primary N) is 1. The number of hydrogen-bond donors (Lipinski definition) is 2. The number of thioether (sulfide) groups is 1. The van der Waals surface area contributed by atoms with E-state index < -0.39 is 11.7 Å². The lowest BCUT2D eigenvalue weighted by atomic mass is 10.1. The van der Waals surface area contributed by atoms with Crippen molar-refractivity contribution in [2.75, 3.05) is 12.0 Å². The smallest absolute Gasteiger partial charge is 0.429 e. The number of hydrogen-bond acceptors (Lipinski definition) is 9. The van der Waals surface area contributed by atoms with Crippen molar-refractivity contribution in [3.63, 3.8) is 0 Å². The molecular weight excluding hydrogens is 496 g/mol. The molecule has 0 aliphatic carbocycles. The molecule has 0 bridgehead atoms. The molecule has 1 amide bonds. The summed E-state index contributed by atoms with van der Waals surface area (Å²) < 4.78 is 10.6. The van der Waals surface area contributed by atoms with Gasteiger partial charge >= 0.3 is 6.16 Å². The maximum Gasteiger partial charge on any atom is 0.514 e. The predicted octanol–water partition coefficient (Wildman–Crippen LogP) is 5.91. The highest BCUT2D eigenvalue weighted by atomic mass is 32.2. The zero-order chi connectivity index (χ0) is 25.9. The highest BCUT2D eigenvalue weighted by molar-refractivity contribution is 7.98. The van der Waals surface area contributed by atoms with Crippen molar-refractivity contribution >= 4 is 51.1 Å². The molecule has 0 aliphatic rings. The summed E-state index contributed by atoms with van der Waals surface area (Å²) in [5.41, 5.74) is 8.43. The lowest BCUT2D eigenvalue weighted by Gasteiger charge is -2.20. The second-order valence-electron chi connectivity index (χ2n) is 8.94. The van der Waals surface area contributed by atoms with Gasteiger partial charge in [-0.3, -0.25) is 4.79 Å². The van der Waals surface area contributed by atoms with Gasteiger partial charge < -0.3 is 20.5 Å². The van der Waals surface area contributed by atoms with Crippen LogP contribution < -0.4 is 15.8 Å². The SMILES string of the molecule is CSc1nc(-c2cccc(OC(=O)OCc3ccccc3)c2)c2c(N)c(C(=O)NC(C)(C)C)sc2n1. The molecule has 0 unspecified atom stereocenters. The number of rotatable bonds is 6. The molecule has 0 spiro atoms. The summed E-state index contributed by atoms with van der Waals surface area (Å²) in [5, 5.41) is 4.07. The topological polar surface area (TPSA) is 116 Å². The Balaban J connectivity index is 1.65. The lowest BCUT2D eigenvalue weighted by Crippen LogP contribution is -2.40. The van der Waals surface area contributed by atoms with E-state index >= 15 is 0 Å². The van der Waals surface area contributed by atoms with E-state index in [1.807, 2.05) is 63.4 Å². The van der Waals surface area contributed by atoms with Gasteiger partial charge in [-0.25, -0.2) is 14.8 Å². The Bertz CT molecular complexity index is 1410. The van der Waals surface area contributed by atoms with Crippen molar-refractivity contribution in [2.24, 2.45) is 0 Å². The fourth-order valence-electron chi connectivity index (χ4n) is 3.42. The second-order valence-corrected chi connectivity index (χ2v) is 10.7. The van der Waals surface area contributed by atoms with E-state index in [2.05, 4.69) is 15.3 Å². The zero-order valence-electron chi connectivity index (χ0n) is 20.3. The number of amides is 1. The van der Waals surface area contributed by atoms with Crippen LogP contribution in [0.3, 0.4) is 0 Å². The number of ether oxygens (including phenoxy) is 2. The van der Waals surface area contributed by atoms with Crippen LogP contribution in [-0.4, -0.2) is 33.8 Å². The molecule has 0 atom stereocenters. The molecule has 0 radical (unpaired) electrons. The van der Waals surface area contributed by atoms with E-state index in [0.29, 0.717) is 42.9 Å². The van der Waals surface area contributed by atoms with Crippen molar-refractivity contribution in [1.29, 1.82) is 0 Å². The van der Waals surface area contributed by atoms with Gasteiger partial charge in [0, 0.05) is 11.1 Å². The van der Waals surface area contributed by atoms with Crippen LogP contribution in [-0.2, 0) is 11.3 Å². The molecular formula is C26H26N4O4S2. The summed E-state index contributed by atoms with van der Waals surface area (Å²) >= 11 is 2.61. The van der Waals surface area contributed by atoms with Gasteiger partial charge in [0.1, 0.15) is 22.1 Å². The van der Waals surface area contributed by atoms with E-state index in [4.69, 9.17) is 15.2 Å². The van der Waals surface area contributed by atoms with Gasteiger partial charge in [-0.1, -0.05) is 54.2 Å². The van der Waals surface area contributed by atoms with Crippen LogP contribution in [0.4, 0.5) is 10.5 Å². The van der Waals surface area contributed by atoms with Crippen LogP contribution in [0.2, 0.25) is 0 Å². The molecule has 2 aromatic heterocycles. The first-order valence-electron chi connectivity index (χ1n) is 11.1. The Kier molecular flexibility index (Phi) is 7.46. The highest BCUT2D eigenvalue weighted by Crippen LogP contribution is 2.40. The summed E-state index contributed by atoms with van der Waals surface area (Å²) in [6, 6.07) is 16.3. The van der Waals surface area contributed by atoms with Crippen molar-refractivity contribution in [1.82, 2.24) is 15.3 Å². The molecule has 8 nitrogen and oxygen atoms in total. The second kappa shape index (κ2) is 10.5. The zero-order valence-corrected chi connectivity index (χ0v) is 22.0. The van der Waals surface area contributed by atoms with Crippen molar-refractivity contribution in [2.45, 2.75) is 38.1 Å². The molecule has 3 N–H and O–H groups in total. The van der Waals surface area contributed by atoms with E-state index in [1.54, 1.807) is 18.2 Å². The third kappa shape index (κ3) is 5.95. The van der Waals surface area contributed by atoms with Gasteiger partial charge in [-0.15, -0.1) is 11.3 Å². The molecule has 4 rings (SSSR count). The first kappa shape index (κ1) is 25.5. The van der Waals surface area contributed by atoms with Gasteiger partial charge in [0.2, 0.25) is 0 Å². The lowest BCUT2D eigenvalue weighted by molar-refractivity contribution is 0.0916. The summed E-state index contributed by atoms with van der Waals surface area (Å²) in [7, 11) is 0. The van der Waals surface area contributed by atoms with Crippen molar-refractivity contribution in [3.05, 3.63) is 65.0 Å². The first-order chi connectivity index (χ1) is 17.1. The number of aromatic nitrogens is 2. The Morgan fingerprint density at radius 3 is 2.53 bits per heavy atom. The summed E-state index contributed by atoms with van der Waals surface area (Å²) in [5.74, 6) is 0.0282. The molecule has 0 saturated heterocycles. The Morgan fingerprint density at radius 1 is 1.08 bits per heavy atom. The summed E-state index contributed by atoms with van der Waals surface area (Å²) in [6.07, 6.45) is 1.06. The average molecular weight is 523 g/mol. The number of fused-ring (bicyclic) bond motifs is 1. The summed E-state index contributed by atoms with van der Waals surface area (Å²) in [4.78, 5) is 35.4. The number of carbonyl (C=O) groups is 2. The van der Waals surface area contributed by atoms with E-state index in [-0.39, 0.29) is 12.5 Å². The Labute approximate surface area is 217 Å². The minimum absolute atomic E-state index is 0.105. The van der Waals surface area contributed by atoms with Gasteiger partial charge in [0.05, 0.1) is 16.8 Å². The van der Waals surface area contributed by atoms with Gasteiger partial charge in [-0.05, 0) is 44.7 Å². The van der Waals surface area contributed by atoms with E-state index in [1.165, 1.54) is 23.1 Å². The predicted molar refractivity (Wildman–Crippen MR) is 144 cm³/mol. The van der Waals surface area contributed by atoms with Crippen LogP contribution in [0.15, 0.2) is 59.8 Å². The minimum atomic E-state index is -0.815. The maximum absolute atomic E-state index is 12.9. The number of thiophene rings is 1. The molecule has 2 heterocycles. The van der Waals surface area contributed by atoms with Gasteiger partial charge in [0.15, 0.2) is 5.16 Å². The van der Waals surface area contributed by atoms with Gasteiger partial charge in [-0.2, -0.15) is 0 Å².